The fourth-order valence-corrected chi connectivity index (χ4v) is 4.00. The molecule has 6 heteroatoms. The average Bonchev–Trinajstić information content (AvgIpc) is 3.20. The van der Waals surface area contributed by atoms with E-state index < -0.39 is 0 Å². The lowest BCUT2D eigenvalue weighted by Crippen LogP contribution is -2.22. The summed E-state index contributed by atoms with van der Waals surface area (Å²) >= 11 is 6.56. The van der Waals surface area contributed by atoms with Gasteiger partial charge in [-0.05, 0) is 25.1 Å². The summed E-state index contributed by atoms with van der Waals surface area (Å²) in [6.45, 7) is 2.06. The molecule has 4 rings (SSSR count). The lowest BCUT2D eigenvalue weighted by molar-refractivity contribution is -0.121. The van der Waals surface area contributed by atoms with Gasteiger partial charge in [0.05, 0.1) is 16.3 Å². The van der Waals surface area contributed by atoms with Gasteiger partial charge in [0.15, 0.2) is 0 Å². The number of thiocarbonyl (C=S) groups is 1. The van der Waals surface area contributed by atoms with Crippen molar-refractivity contribution in [3.63, 3.8) is 0 Å². The molecule has 3 aromatic rings. The zero-order valence-electron chi connectivity index (χ0n) is 14.9. The number of para-hydroxylation sites is 1. The van der Waals surface area contributed by atoms with Gasteiger partial charge in [0, 0.05) is 24.4 Å². The highest BCUT2D eigenvalue weighted by Crippen LogP contribution is 2.34. The molecule has 1 fully saturated rings. The number of nitrogens with zero attached hydrogens (tertiary/aromatic N) is 3. The van der Waals surface area contributed by atoms with Crippen molar-refractivity contribution >= 4 is 40.3 Å². The van der Waals surface area contributed by atoms with Crippen LogP contribution in [0, 0.1) is 6.92 Å². The van der Waals surface area contributed by atoms with Crippen LogP contribution < -0.4 is 0 Å². The lowest BCUT2D eigenvalue weighted by Gasteiger charge is -2.03. The van der Waals surface area contributed by atoms with Gasteiger partial charge in [-0.3, -0.25) is 9.69 Å². The number of aromatic nitrogens is 2. The number of aryl methyl sites for hydroxylation is 1. The van der Waals surface area contributed by atoms with Crippen LogP contribution in [0.3, 0.4) is 0 Å². The number of rotatable bonds is 3. The van der Waals surface area contributed by atoms with Crippen LogP contribution in [0.1, 0.15) is 11.1 Å². The molecule has 0 radical (unpaired) electrons. The minimum absolute atomic E-state index is 0.0766. The molecule has 1 amide bonds. The minimum atomic E-state index is -0.0766. The van der Waals surface area contributed by atoms with Gasteiger partial charge in [-0.25, -0.2) is 4.68 Å². The van der Waals surface area contributed by atoms with Crippen molar-refractivity contribution < 1.29 is 4.79 Å². The number of benzene rings is 2. The van der Waals surface area contributed by atoms with Gasteiger partial charge in [0.2, 0.25) is 0 Å². The van der Waals surface area contributed by atoms with E-state index in [0.717, 1.165) is 22.5 Å². The van der Waals surface area contributed by atoms with Crippen LogP contribution in [0.25, 0.3) is 23.0 Å². The summed E-state index contributed by atoms with van der Waals surface area (Å²) in [7, 11) is 1.70. The number of amides is 1. The van der Waals surface area contributed by atoms with Gasteiger partial charge >= 0.3 is 0 Å². The molecule has 0 spiro atoms. The maximum Gasteiger partial charge on any atom is 0.265 e. The Bertz CT molecular complexity index is 1050. The van der Waals surface area contributed by atoms with Gasteiger partial charge in [0.1, 0.15) is 4.32 Å². The third-order valence-electron chi connectivity index (χ3n) is 4.36. The van der Waals surface area contributed by atoms with Crippen molar-refractivity contribution in [2.24, 2.45) is 0 Å². The summed E-state index contributed by atoms with van der Waals surface area (Å²) in [5.41, 5.74) is 4.88. The first-order chi connectivity index (χ1) is 13.0. The van der Waals surface area contributed by atoms with Gasteiger partial charge in [-0.2, -0.15) is 5.10 Å². The van der Waals surface area contributed by atoms with Gasteiger partial charge in [0.25, 0.3) is 5.91 Å². The van der Waals surface area contributed by atoms with E-state index in [1.54, 1.807) is 7.05 Å². The summed E-state index contributed by atoms with van der Waals surface area (Å²) in [5, 5.41) is 4.79. The molecular formula is C21H17N3OS2. The second-order valence-corrected chi connectivity index (χ2v) is 8.00. The first-order valence-corrected chi connectivity index (χ1v) is 9.69. The molecule has 0 N–H and O–H groups in total. The molecule has 1 aliphatic rings. The molecular weight excluding hydrogens is 374 g/mol. The molecule has 1 aromatic heterocycles. The molecule has 0 aliphatic carbocycles. The number of thioether (sulfide) groups is 1. The Kier molecular flexibility index (Phi) is 4.68. The van der Waals surface area contributed by atoms with Crippen molar-refractivity contribution in [2.45, 2.75) is 6.92 Å². The summed E-state index contributed by atoms with van der Waals surface area (Å²) < 4.78 is 2.41. The van der Waals surface area contributed by atoms with E-state index in [2.05, 4.69) is 31.2 Å². The SMILES string of the molecule is Cc1ccc(-c2nn(-c3ccccc3)cc2/C=C2\SC(=S)N(C)C2=O)cc1. The summed E-state index contributed by atoms with van der Waals surface area (Å²) in [6, 6.07) is 18.2. The average molecular weight is 392 g/mol. The Morgan fingerprint density at radius 2 is 1.78 bits per heavy atom. The van der Waals surface area contributed by atoms with Crippen LogP contribution in [-0.4, -0.2) is 32.0 Å². The predicted molar refractivity (Wildman–Crippen MR) is 115 cm³/mol. The number of hydrogen-bond acceptors (Lipinski definition) is 4. The number of hydrogen-bond donors (Lipinski definition) is 0. The zero-order valence-corrected chi connectivity index (χ0v) is 16.6. The van der Waals surface area contributed by atoms with E-state index >= 15 is 0 Å². The number of likely N-dealkylation sites (N-methyl/N-ethyl adjacent to an activating group) is 1. The third-order valence-corrected chi connectivity index (χ3v) is 5.85. The Hall–Kier alpha value is -2.70. The molecule has 2 aromatic carbocycles. The first kappa shape index (κ1) is 17.7. The predicted octanol–water partition coefficient (Wildman–Crippen LogP) is 4.68. The molecule has 27 heavy (non-hydrogen) atoms. The minimum Gasteiger partial charge on any atom is -0.296 e. The molecule has 2 heterocycles. The molecule has 1 aliphatic heterocycles. The first-order valence-electron chi connectivity index (χ1n) is 8.46. The second kappa shape index (κ2) is 7.13. The maximum atomic E-state index is 12.4. The molecule has 0 saturated carbocycles. The van der Waals surface area contributed by atoms with Crippen molar-refractivity contribution in [3.8, 4) is 16.9 Å². The van der Waals surface area contributed by atoms with E-state index in [1.165, 1.54) is 22.2 Å². The monoisotopic (exact) mass is 391 g/mol. The van der Waals surface area contributed by atoms with E-state index in [1.807, 2.05) is 47.3 Å². The summed E-state index contributed by atoms with van der Waals surface area (Å²) in [5.74, 6) is -0.0766. The molecule has 1 saturated heterocycles. The molecule has 134 valence electrons. The Morgan fingerprint density at radius 3 is 2.41 bits per heavy atom. The van der Waals surface area contributed by atoms with E-state index in [4.69, 9.17) is 17.3 Å². The van der Waals surface area contributed by atoms with Crippen LogP contribution >= 0.6 is 24.0 Å². The quantitative estimate of drug-likeness (QED) is 0.480. The van der Waals surface area contributed by atoms with Crippen LogP contribution in [0.2, 0.25) is 0 Å². The Balaban J connectivity index is 1.84. The second-order valence-electron chi connectivity index (χ2n) is 6.32. The molecule has 0 atom stereocenters. The number of carbonyl (C=O) groups is 1. The van der Waals surface area contributed by atoms with Crippen LogP contribution in [-0.2, 0) is 4.79 Å². The fourth-order valence-electron chi connectivity index (χ4n) is 2.83. The topological polar surface area (TPSA) is 38.1 Å². The highest BCUT2D eigenvalue weighted by atomic mass is 32.2. The van der Waals surface area contributed by atoms with Gasteiger partial charge in [-0.15, -0.1) is 0 Å². The van der Waals surface area contributed by atoms with Gasteiger partial charge in [-0.1, -0.05) is 72.0 Å². The fraction of sp³-hybridized carbons (Fsp3) is 0.0952. The van der Waals surface area contributed by atoms with Gasteiger partial charge < -0.3 is 0 Å². The summed E-state index contributed by atoms with van der Waals surface area (Å²) in [6.07, 6.45) is 3.83. The van der Waals surface area contributed by atoms with E-state index in [0.29, 0.717) is 9.23 Å². The Labute approximate surface area is 167 Å². The maximum absolute atomic E-state index is 12.4. The molecule has 0 bridgehead atoms. The van der Waals surface area contributed by atoms with Crippen molar-refractivity contribution in [1.82, 2.24) is 14.7 Å². The third kappa shape index (κ3) is 3.46. The van der Waals surface area contributed by atoms with Crippen molar-refractivity contribution in [3.05, 3.63) is 76.8 Å². The normalized spacial score (nSPS) is 15.8. The largest absolute Gasteiger partial charge is 0.296 e. The standard InChI is InChI=1S/C21H17N3OS2/c1-14-8-10-15(11-9-14)19-16(12-18-20(25)23(2)21(26)27-18)13-24(22-19)17-6-4-3-5-7-17/h3-13H,1-2H3/b18-12-. The molecule has 4 nitrogen and oxygen atoms in total. The van der Waals surface area contributed by atoms with Crippen LogP contribution in [0.5, 0.6) is 0 Å². The van der Waals surface area contributed by atoms with Crippen LogP contribution in [0.4, 0.5) is 0 Å². The highest BCUT2D eigenvalue weighted by Gasteiger charge is 2.29. The van der Waals surface area contributed by atoms with E-state index in [9.17, 15) is 4.79 Å². The zero-order chi connectivity index (χ0) is 19.0. The van der Waals surface area contributed by atoms with Crippen LogP contribution in [0.15, 0.2) is 65.7 Å². The Morgan fingerprint density at radius 1 is 1.07 bits per heavy atom. The number of carbonyl (C=O) groups excluding carboxylic acids is 1. The lowest BCUT2D eigenvalue weighted by atomic mass is 10.1. The summed E-state index contributed by atoms with van der Waals surface area (Å²) in [4.78, 5) is 14.5. The van der Waals surface area contributed by atoms with Crippen molar-refractivity contribution in [1.29, 1.82) is 0 Å². The highest BCUT2D eigenvalue weighted by molar-refractivity contribution is 8.26. The van der Waals surface area contributed by atoms with Crippen molar-refractivity contribution in [2.75, 3.05) is 7.05 Å². The molecule has 0 unspecified atom stereocenters. The smallest absolute Gasteiger partial charge is 0.265 e. The van der Waals surface area contributed by atoms with E-state index in [-0.39, 0.29) is 5.91 Å².